The number of methoxy groups -OCH3 is 1. The number of fused-ring (bicyclic) bond motifs is 2. The number of anilines is 1. The molecule has 0 radical (unpaired) electrons. The Balaban J connectivity index is 1.69. The molecule has 44 heavy (non-hydrogen) atoms. The lowest BCUT2D eigenvalue weighted by Crippen LogP contribution is -2.54. The van der Waals surface area contributed by atoms with E-state index in [1.807, 2.05) is 55.1 Å². The summed E-state index contributed by atoms with van der Waals surface area (Å²) in [4.78, 5) is 43.2. The molecule has 1 aliphatic rings. The van der Waals surface area contributed by atoms with Crippen molar-refractivity contribution in [2.24, 2.45) is 0 Å². The molecular formula is C34H35FN6O3. The largest absolute Gasteiger partial charge is 0.490 e. The number of piperazine rings is 1. The van der Waals surface area contributed by atoms with Gasteiger partial charge in [-0.25, -0.2) is 14.4 Å². The topological polar surface area (TPSA) is 96.4 Å². The van der Waals surface area contributed by atoms with E-state index < -0.39 is 11.4 Å². The summed E-state index contributed by atoms with van der Waals surface area (Å²) in [6.45, 7) is 12.8. The number of aryl methyl sites for hydroxylation is 1. The zero-order valence-corrected chi connectivity index (χ0v) is 25.5. The normalized spacial score (nSPS) is 15.4. The van der Waals surface area contributed by atoms with Gasteiger partial charge < -0.3 is 19.5 Å². The Morgan fingerprint density at radius 2 is 1.98 bits per heavy atom. The van der Waals surface area contributed by atoms with Gasteiger partial charge in [0.15, 0.2) is 5.65 Å². The molecule has 3 aromatic heterocycles. The highest BCUT2D eigenvalue weighted by Crippen LogP contribution is 2.40. The Labute approximate surface area is 254 Å². The number of H-pyrrole nitrogens is 1. The predicted molar refractivity (Wildman–Crippen MR) is 171 cm³/mol. The van der Waals surface area contributed by atoms with E-state index in [2.05, 4.69) is 30.4 Å². The first-order chi connectivity index (χ1) is 21.2. The summed E-state index contributed by atoms with van der Waals surface area (Å²) < 4.78 is 23.8. The fraction of sp³-hybridized carbons (Fsp3) is 0.294. The number of hydrogen-bond donors (Lipinski definition) is 1. The van der Waals surface area contributed by atoms with Crippen LogP contribution in [0.4, 0.5) is 10.1 Å². The maximum Gasteiger partial charge on any atom is 0.301 e. The molecule has 0 bridgehead atoms. The van der Waals surface area contributed by atoms with E-state index in [1.165, 1.54) is 23.8 Å². The molecule has 0 aliphatic carbocycles. The number of carbonyl (C=O) groups excluding carboxylic acids is 1. The summed E-state index contributed by atoms with van der Waals surface area (Å²) in [7, 11) is 1.45. The summed E-state index contributed by atoms with van der Waals surface area (Å²) in [5, 5.41) is 0.434. The van der Waals surface area contributed by atoms with Gasteiger partial charge in [-0.05, 0) is 55.2 Å². The third kappa shape index (κ3) is 4.61. The van der Waals surface area contributed by atoms with Gasteiger partial charge in [-0.15, -0.1) is 0 Å². The fourth-order valence-corrected chi connectivity index (χ4v) is 6.33. The molecule has 6 rings (SSSR count). The molecular weight excluding hydrogens is 559 g/mol. The zero-order valence-electron chi connectivity index (χ0n) is 25.5. The molecule has 2 aromatic carbocycles. The lowest BCUT2D eigenvalue weighted by Gasteiger charge is -2.41. The van der Waals surface area contributed by atoms with Crippen molar-refractivity contribution in [3.8, 4) is 22.7 Å². The van der Waals surface area contributed by atoms with E-state index >= 15 is 4.39 Å². The molecule has 0 spiro atoms. The van der Waals surface area contributed by atoms with Gasteiger partial charge in [0, 0.05) is 36.6 Å². The molecule has 5 aromatic rings. The van der Waals surface area contributed by atoms with E-state index in [9.17, 15) is 9.59 Å². The van der Waals surface area contributed by atoms with Crippen LogP contribution in [0.25, 0.3) is 39.0 Å². The van der Waals surface area contributed by atoms with Crippen LogP contribution < -0.4 is 15.2 Å². The number of para-hydroxylation sites is 1. The molecule has 4 heterocycles. The fourth-order valence-electron chi connectivity index (χ4n) is 6.33. The van der Waals surface area contributed by atoms with E-state index in [0.29, 0.717) is 53.1 Å². The molecule has 226 valence electrons. The molecule has 1 fully saturated rings. The second kappa shape index (κ2) is 11.3. The van der Waals surface area contributed by atoms with Gasteiger partial charge >= 0.3 is 5.56 Å². The number of carbonyl (C=O) groups is 1. The maximum absolute atomic E-state index is 16.4. The van der Waals surface area contributed by atoms with Crippen LogP contribution in [0.3, 0.4) is 0 Å². The SMILES string of the molecule is C=CC(=O)N1CCN(c2c(OC)c(=O)n(-c3ccccc3C(C)C)c3nc(-c4c(C)ccc5[nH]cnc45)c(F)cc23)CC1C. The second-order valence-electron chi connectivity index (χ2n) is 11.5. The van der Waals surface area contributed by atoms with Gasteiger partial charge in [0.1, 0.15) is 11.5 Å². The van der Waals surface area contributed by atoms with Crippen molar-refractivity contribution in [2.75, 3.05) is 31.6 Å². The number of benzene rings is 2. The van der Waals surface area contributed by atoms with Crippen molar-refractivity contribution >= 4 is 33.7 Å². The van der Waals surface area contributed by atoms with Crippen molar-refractivity contribution < 1.29 is 13.9 Å². The molecule has 9 nitrogen and oxygen atoms in total. The monoisotopic (exact) mass is 594 g/mol. The van der Waals surface area contributed by atoms with Crippen LogP contribution in [-0.4, -0.2) is 63.1 Å². The number of rotatable bonds is 6. The molecule has 0 saturated carbocycles. The predicted octanol–water partition coefficient (Wildman–Crippen LogP) is 5.73. The van der Waals surface area contributed by atoms with Gasteiger partial charge in [0.25, 0.3) is 0 Å². The second-order valence-corrected chi connectivity index (χ2v) is 11.5. The standard InChI is InChI=1S/C34H35FN6O3/c1-7-27(42)40-15-14-39(17-21(40)5)31-23-16-24(35)29(28-20(4)12-13-25-30(28)37-18-36-25)38-33(23)41(34(43)32(31)44-6)26-11-9-8-10-22(26)19(2)3/h7-13,16,18-19,21H,1,14-15,17H2,2-6H3,(H,36,37). The molecule has 1 N–H and O–H groups in total. The van der Waals surface area contributed by atoms with Crippen LogP contribution in [0, 0.1) is 12.7 Å². The summed E-state index contributed by atoms with van der Waals surface area (Å²) in [6, 6.07) is 12.7. The number of halogens is 1. The Kier molecular flexibility index (Phi) is 7.44. The van der Waals surface area contributed by atoms with E-state index in [0.717, 1.165) is 16.6 Å². The van der Waals surface area contributed by atoms with Crippen molar-refractivity contribution in [2.45, 2.75) is 39.7 Å². The average Bonchev–Trinajstić information content (AvgIpc) is 3.49. The first-order valence-corrected chi connectivity index (χ1v) is 14.7. The minimum atomic E-state index is -0.546. The Morgan fingerprint density at radius 1 is 1.20 bits per heavy atom. The van der Waals surface area contributed by atoms with Crippen LogP contribution in [-0.2, 0) is 4.79 Å². The highest BCUT2D eigenvalue weighted by molar-refractivity contribution is 5.98. The molecule has 1 aliphatic heterocycles. The van der Waals surface area contributed by atoms with E-state index in [-0.39, 0.29) is 29.3 Å². The van der Waals surface area contributed by atoms with E-state index in [1.54, 1.807) is 11.2 Å². The Hall–Kier alpha value is -4.99. The summed E-state index contributed by atoms with van der Waals surface area (Å²) in [5.41, 5.74) is 4.76. The lowest BCUT2D eigenvalue weighted by molar-refractivity contribution is -0.128. The first-order valence-electron chi connectivity index (χ1n) is 14.7. The van der Waals surface area contributed by atoms with Crippen LogP contribution in [0.2, 0.25) is 0 Å². The number of nitrogens with zero attached hydrogens (tertiary/aromatic N) is 5. The van der Waals surface area contributed by atoms with Gasteiger partial charge in [-0.2, -0.15) is 0 Å². The minimum absolute atomic E-state index is 0.0892. The number of ether oxygens (including phenoxy) is 1. The molecule has 10 heteroatoms. The van der Waals surface area contributed by atoms with Crippen molar-refractivity contribution in [3.63, 3.8) is 0 Å². The molecule has 1 saturated heterocycles. The highest BCUT2D eigenvalue weighted by Gasteiger charge is 2.32. The molecule has 1 unspecified atom stereocenters. The average molecular weight is 595 g/mol. The molecule has 1 atom stereocenters. The smallest absolute Gasteiger partial charge is 0.301 e. The zero-order chi connectivity index (χ0) is 31.3. The summed E-state index contributed by atoms with van der Waals surface area (Å²) in [5.74, 6) is -0.522. The van der Waals surface area contributed by atoms with Gasteiger partial charge in [-0.3, -0.25) is 14.2 Å². The molecule has 1 amide bonds. The lowest BCUT2D eigenvalue weighted by atomic mass is 10.00. The van der Waals surface area contributed by atoms with Crippen molar-refractivity contribution in [1.82, 2.24) is 24.4 Å². The van der Waals surface area contributed by atoms with Gasteiger partial charge in [0.05, 0.1) is 35.8 Å². The quantitative estimate of drug-likeness (QED) is 0.252. The van der Waals surface area contributed by atoms with Crippen LogP contribution in [0.15, 0.2) is 66.2 Å². The van der Waals surface area contributed by atoms with Crippen LogP contribution >= 0.6 is 0 Å². The number of amides is 1. The number of aromatic nitrogens is 4. The van der Waals surface area contributed by atoms with Crippen LogP contribution in [0.5, 0.6) is 5.75 Å². The Bertz CT molecular complexity index is 2000. The number of hydrogen-bond acceptors (Lipinski definition) is 6. The Morgan fingerprint density at radius 3 is 2.68 bits per heavy atom. The third-order valence-electron chi connectivity index (χ3n) is 8.48. The van der Waals surface area contributed by atoms with Gasteiger partial charge in [-0.1, -0.05) is 44.7 Å². The summed E-state index contributed by atoms with van der Waals surface area (Å²) in [6.07, 6.45) is 2.88. The van der Waals surface area contributed by atoms with Gasteiger partial charge in [0.2, 0.25) is 11.7 Å². The van der Waals surface area contributed by atoms with Crippen LogP contribution in [0.1, 0.15) is 37.8 Å². The number of nitrogens with one attached hydrogen (secondary N) is 1. The van der Waals surface area contributed by atoms with Crippen molar-refractivity contribution in [3.05, 3.63) is 88.7 Å². The third-order valence-corrected chi connectivity index (χ3v) is 8.48. The number of imidazole rings is 1. The number of pyridine rings is 2. The maximum atomic E-state index is 16.4. The van der Waals surface area contributed by atoms with Crippen molar-refractivity contribution in [1.29, 1.82) is 0 Å². The summed E-state index contributed by atoms with van der Waals surface area (Å²) >= 11 is 0. The number of aromatic amines is 1. The first kappa shape index (κ1) is 29.1. The van der Waals surface area contributed by atoms with E-state index in [4.69, 9.17) is 9.72 Å². The highest BCUT2D eigenvalue weighted by atomic mass is 19.1. The minimum Gasteiger partial charge on any atom is -0.490 e.